The third kappa shape index (κ3) is 0.798. The Bertz CT molecular complexity index is 186. The van der Waals surface area contributed by atoms with Gasteiger partial charge >= 0.3 is 0 Å². The van der Waals surface area contributed by atoms with Gasteiger partial charge in [-0.2, -0.15) is 0 Å². The van der Waals surface area contributed by atoms with Gasteiger partial charge in [0.1, 0.15) is 0 Å². The maximum absolute atomic E-state index is 5.77. The van der Waals surface area contributed by atoms with Crippen molar-refractivity contribution in [2.24, 2.45) is 5.92 Å². The van der Waals surface area contributed by atoms with Crippen molar-refractivity contribution in [1.29, 1.82) is 0 Å². The highest BCUT2D eigenvalue weighted by molar-refractivity contribution is 5.04. The first-order valence-electron chi connectivity index (χ1n) is 4.57. The molecule has 3 saturated heterocycles. The van der Waals surface area contributed by atoms with Gasteiger partial charge in [0.05, 0.1) is 24.4 Å². The fourth-order valence-corrected chi connectivity index (χ4v) is 2.61. The molecular formula is C9H14O2. The predicted octanol–water partition coefficient (Wildman–Crippen LogP) is 1.34. The van der Waals surface area contributed by atoms with Gasteiger partial charge in [-0.3, -0.25) is 0 Å². The normalized spacial score (nSPS) is 60.3. The van der Waals surface area contributed by atoms with Gasteiger partial charge in [-0.25, -0.2) is 0 Å². The average molecular weight is 154 g/mol. The minimum absolute atomic E-state index is 0.208. The zero-order valence-corrected chi connectivity index (χ0v) is 6.88. The molecule has 0 radical (unpaired) electrons. The van der Waals surface area contributed by atoms with Crippen LogP contribution in [0.3, 0.4) is 0 Å². The van der Waals surface area contributed by atoms with Gasteiger partial charge < -0.3 is 9.47 Å². The van der Waals surface area contributed by atoms with Crippen LogP contribution in [-0.2, 0) is 9.47 Å². The van der Waals surface area contributed by atoms with Crippen LogP contribution < -0.4 is 0 Å². The largest absolute Gasteiger partial charge is 0.375 e. The van der Waals surface area contributed by atoms with Gasteiger partial charge in [0.2, 0.25) is 0 Å². The van der Waals surface area contributed by atoms with Crippen LogP contribution >= 0.6 is 0 Å². The molecule has 3 aliphatic rings. The number of rotatable bonds is 1. The Hall–Kier alpha value is -0.0800. The molecule has 2 heteroatoms. The molecule has 0 amide bonds. The zero-order chi connectivity index (χ0) is 7.47. The van der Waals surface area contributed by atoms with Crippen LogP contribution in [0.15, 0.2) is 0 Å². The fraction of sp³-hybridized carbons (Fsp3) is 1.00. The maximum Gasteiger partial charge on any atom is 0.0942 e. The summed E-state index contributed by atoms with van der Waals surface area (Å²) in [5, 5.41) is 0. The van der Waals surface area contributed by atoms with Crippen LogP contribution in [0.25, 0.3) is 0 Å². The van der Waals surface area contributed by atoms with E-state index in [0.29, 0.717) is 18.1 Å². The van der Waals surface area contributed by atoms with Crippen molar-refractivity contribution < 1.29 is 9.47 Å². The van der Waals surface area contributed by atoms with E-state index in [4.69, 9.17) is 9.47 Å². The molecule has 4 unspecified atom stereocenters. The van der Waals surface area contributed by atoms with E-state index in [1.165, 1.54) is 19.3 Å². The third-order valence-corrected chi connectivity index (χ3v) is 3.49. The van der Waals surface area contributed by atoms with Crippen LogP contribution in [-0.4, -0.2) is 24.4 Å². The standard InChI is InChI=1S/C9H14O2/c1-9(5-10-9)7-4-6-2-3-8(7)11-6/h6-8H,2-5H2,1H3. The van der Waals surface area contributed by atoms with Crippen molar-refractivity contribution in [3.8, 4) is 0 Å². The van der Waals surface area contributed by atoms with Crippen molar-refractivity contribution >= 4 is 0 Å². The minimum atomic E-state index is 0.208. The Morgan fingerprint density at radius 1 is 1.36 bits per heavy atom. The molecule has 3 aliphatic heterocycles. The quantitative estimate of drug-likeness (QED) is 0.532. The molecule has 0 aromatic rings. The summed E-state index contributed by atoms with van der Waals surface area (Å²) < 4.78 is 11.2. The van der Waals surface area contributed by atoms with Crippen molar-refractivity contribution in [2.45, 2.75) is 44.0 Å². The summed E-state index contributed by atoms with van der Waals surface area (Å²) in [7, 11) is 0. The van der Waals surface area contributed by atoms with Gasteiger partial charge in [0.25, 0.3) is 0 Å². The van der Waals surface area contributed by atoms with Crippen LogP contribution in [0.4, 0.5) is 0 Å². The Morgan fingerprint density at radius 2 is 2.18 bits per heavy atom. The van der Waals surface area contributed by atoms with Crippen LogP contribution in [0.2, 0.25) is 0 Å². The number of hydrogen-bond donors (Lipinski definition) is 0. The van der Waals surface area contributed by atoms with Crippen LogP contribution in [0.1, 0.15) is 26.2 Å². The SMILES string of the molecule is CC1(C2CC3CCC2O3)CO1. The molecule has 0 saturated carbocycles. The number of epoxide rings is 1. The molecule has 2 bridgehead atoms. The lowest BCUT2D eigenvalue weighted by atomic mass is 9.81. The van der Waals surface area contributed by atoms with E-state index in [0.717, 1.165) is 6.61 Å². The smallest absolute Gasteiger partial charge is 0.0942 e. The molecule has 3 fully saturated rings. The topological polar surface area (TPSA) is 21.8 Å². The molecule has 3 heterocycles. The van der Waals surface area contributed by atoms with Gasteiger partial charge in [0.15, 0.2) is 0 Å². The molecule has 0 spiro atoms. The van der Waals surface area contributed by atoms with Crippen molar-refractivity contribution in [1.82, 2.24) is 0 Å². The highest BCUT2D eigenvalue weighted by Gasteiger charge is 2.56. The summed E-state index contributed by atoms with van der Waals surface area (Å²) in [5.41, 5.74) is 0.208. The summed E-state index contributed by atoms with van der Waals surface area (Å²) in [6.07, 6.45) is 4.92. The lowest BCUT2D eigenvalue weighted by Crippen LogP contribution is -2.29. The van der Waals surface area contributed by atoms with E-state index in [-0.39, 0.29) is 5.60 Å². The van der Waals surface area contributed by atoms with E-state index >= 15 is 0 Å². The van der Waals surface area contributed by atoms with Gasteiger partial charge in [0, 0.05) is 5.92 Å². The van der Waals surface area contributed by atoms with Crippen LogP contribution in [0, 0.1) is 5.92 Å². The first-order chi connectivity index (χ1) is 5.28. The maximum atomic E-state index is 5.77. The molecule has 4 atom stereocenters. The Morgan fingerprint density at radius 3 is 2.64 bits per heavy atom. The van der Waals surface area contributed by atoms with Gasteiger partial charge in [-0.15, -0.1) is 0 Å². The molecule has 0 aromatic heterocycles. The van der Waals surface area contributed by atoms with E-state index in [1.54, 1.807) is 0 Å². The lowest BCUT2D eigenvalue weighted by molar-refractivity contribution is 0.0761. The summed E-state index contributed by atoms with van der Waals surface area (Å²) >= 11 is 0. The predicted molar refractivity (Wildman–Crippen MR) is 40.4 cm³/mol. The monoisotopic (exact) mass is 154 g/mol. The fourth-order valence-electron chi connectivity index (χ4n) is 2.61. The second-order valence-corrected chi connectivity index (χ2v) is 4.32. The lowest BCUT2D eigenvalue weighted by Gasteiger charge is -2.21. The van der Waals surface area contributed by atoms with E-state index in [9.17, 15) is 0 Å². The molecule has 0 N–H and O–H groups in total. The van der Waals surface area contributed by atoms with Gasteiger partial charge in [-0.05, 0) is 26.2 Å². The van der Waals surface area contributed by atoms with E-state index in [1.807, 2.05) is 0 Å². The van der Waals surface area contributed by atoms with Crippen LogP contribution in [0.5, 0.6) is 0 Å². The zero-order valence-electron chi connectivity index (χ0n) is 6.88. The third-order valence-electron chi connectivity index (χ3n) is 3.49. The highest BCUT2D eigenvalue weighted by atomic mass is 16.6. The minimum Gasteiger partial charge on any atom is -0.375 e. The molecular weight excluding hydrogens is 140 g/mol. The summed E-state index contributed by atoms with van der Waals surface area (Å²) in [6.45, 7) is 3.19. The second kappa shape index (κ2) is 1.80. The van der Waals surface area contributed by atoms with E-state index in [2.05, 4.69) is 6.92 Å². The van der Waals surface area contributed by atoms with Crippen molar-refractivity contribution in [3.05, 3.63) is 0 Å². The molecule has 2 nitrogen and oxygen atoms in total. The summed E-state index contributed by atoms with van der Waals surface area (Å²) in [5.74, 6) is 0.709. The first-order valence-corrected chi connectivity index (χ1v) is 4.57. The van der Waals surface area contributed by atoms with Gasteiger partial charge in [-0.1, -0.05) is 0 Å². The van der Waals surface area contributed by atoms with Crippen molar-refractivity contribution in [2.75, 3.05) is 6.61 Å². The molecule has 3 rings (SSSR count). The molecule has 62 valence electrons. The Balaban J connectivity index is 1.81. The van der Waals surface area contributed by atoms with E-state index < -0.39 is 0 Å². The second-order valence-electron chi connectivity index (χ2n) is 4.32. The Kier molecular flexibility index (Phi) is 1.06. The molecule has 0 aliphatic carbocycles. The first kappa shape index (κ1) is 6.44. The molecule has 11 heavy (non-hydrogen) atoms. The summed E-state index contributed by atoms with van der Waals surface area (Å²) in [4.78, 5) is 0. The number of fused-ring (bicyclic) bond motifs is 2. The molecule has 0 aromatic carbocycles. The summed E-state index contributed by atoms with van der Waals surface area (Å²) in [6, 6.07) is 0. The highest BCUT2D eigenvalue weighted by Crippen LogP contribution is 2.49. The average Bonchev–Trinajstić information content (AvgIpc) is 2.52. The van der Waals surface area contributed by atoms with Crippen molar-refractivity contribution in [3.63, 3.8) is 0 Å². The Labute approximate surface area is 66.9 Å². The number of hydrogen-bond acceptors (Lipinski definition) is 2. The number of ether oxygens (including phenoxy) is 2.